The third-order valence-corrected chi connectivity index (χ3v) is 5.12. The Morgan fingerprint density at radius 2 is 1.91 bits per heavy atom. The molecule has 1 heterocycles. The number of rotatable bonds is 9. The Hall–Kier alpha value is -3.46. The number of esters is 2. The third-order valence-electron chi connectivity index (χ3n) is 5.12. The molecule has 9 nitrogen and oxygen atoms in total. The topological polar surface area (TPSA) is 121 Å². The Labute approximate surface area is 185 Å². The van der Waals surface area contributed by atoms with Crippen LogP contribution in [0.15, 0.2) is 30.3 Å². The average molecular weight is 443 g/mol. The second-order valence-electron chi connectivity index (χ2n) is 7.82. The third kappa shape index (κ3) is 5.23. The number of epoxide rings is 1. The number of methoxy groups -OCH3 is 1. The number of benzene rings is 2. The molecule has 0 aliphatic carbocycles. The fourth-order valence-electron chi connectivity index (χ4n) is 3.14. The van der Waals surface area contributed by atoms with Gasteiger partial charge in [-0.2, -0.15) is 0 Å². The summed E-state index contributed by atoms with van der Waals surface area (Å²) in [4.78, 5) is 48.4. The van der Waals surface area contributed by atoms with Crippen LogP contribution in [-0.2, 0) is 28.6 Å². The number of carbonyl (C=O) groups is 4. The lowest BCUT2D eigenvalue weighted by Crippen LogP contribution is -2.42. The van der Waals surface area contributed by atoms with E-state index >= 15 is 0 Å². The van der Waals surface area contributed by atoms with Gasteiger partial charge in [0.15, 0.2) is 6.61 Å². The van der Waals surface area contributed by atoms with E-state index in [4.69, 9.17) is 18.9 Å². The number of amides is 1. The van der Waals surface area contributed by atoms with Gasteiger partial charge >= 0.3 is 11.9 Å². The van der Waals surface area contributed by atoms with Gasteiger partial charge in [0.1, 0.15) is 17.1 Å². The summed E-state index contributed by atoms with van der Waals surface area (Å²) in [6.07, 6.45) is -1.37. The van der Waals surface area contributed by atoms with E-state index in [0.717, 1.165) is 10.9 Å². The van der Waals surface area contributed by atoms with Gasteiger partial charge < -0.3 is 24.3 Å². The number of nitrogens with one attached hydrogen (secondary N) is 1. The number of carbonyl (C=O) groups excluding carboxylic acids is 4. The molecule has 1 amide bonds. The Morgan fingerprint density at radius 1 is 1.19 bits per heavy atom. The van der Waals surface area contributed by atoms with E-state index in [1.807, 2.05) is 25.1 Å². The van der Waals surface area contributed by atoms with Crippen LogP contribution in [0, 0.1) is 6.92 Å². The number of ketones is 1. The second kappa shape index (κ2) is 9.35. The Balaban J connectivity index is 1.79. The van der Waals surface area contributed by atoms with E-state index < -0.39 is 36.2 Å². The molecule has 0 radical (unpaired) electrons. The van der Waals surface area contributed by atoms with Crippen molar-refractivity contribution in [2.45, 2.75) is 32.5 Å². The van der Waals surface area contributed by atoms with Crippen LogP contribution in [0.2, 0.25) is 0 Å². The maximum absolute atomic E-state index is 13.1. The summed E-state index contributed by atoms with van der Waals surface area (Å²) in [5, 5.41) is 3.78. The van der Waals surface area contributed by atoms with Gasteiger partial charge in [-0.05, 0) is 49.2 Å². The minimum absolute atomic E-state index is 0.169. The van der Waals surface area contributed by atoms with Gasteiger partial charge in [-0.15, -0.1) is 0 Å². The summed E-state index contributed by atoms with van der Waals surface area (Å²) in [7, 11) is 1.49. The molecule has 2 aromatic carbocycles. The smallest absolute Gasteiger partial charge is 0.351 e. The van der Waals surface area contributed by atoms with Crippen LogP contribution in [0.1, 0.15) is 29.8 Å². The Kier molecular flexibility index (Phi) is 6.78. The molecule has 2 aromatic rings. The van der Waals surface area contributed by atoms with Crippen LogP contribution < -0.4 is 10.1 Å². The summed E-state index contributed by atoms with van der Waals surface area (Å²) in [5.74, 6) is -2.08. The quantitative estimate of drug-likeness (QED) is 0.459. The number of hydrogen-bond acceptors (Lipinski definition) is 8. The molecule has 0 saturated carbocycles. The molecule has 0 unspecified atom stereocenters. The molecule has 1 fully saturated rings. The standard InChI is InChI=1S/C23H25NO8/c1-13-6-5-7-16-17(13)8-15(29-4)9-18(16)21(27)32-20(23(3)12-31-23)22(28)30-11-19(26)24-10-14(2)25/h5-9,20H,10-12H2,1-4H3,(H,24,26)/t20-,23-/m1/s1. The predicted molar refractivity (Wildman–Crippen MR) is 113 cm³/mol. The lowest BCUT2D eigenvalue weighted by Gasteiger charge is -2.20. The van der Waals surface area contributed by atoms with Crippen molar-refractivity contribution in [1.29, 1.82) is 0 Å². The highest BCUT2D eigenvalue weighted by Crippen LogP contribution is 2.35. The van der Waals surface area contributed by atoms with E-state index in [9.17, 15) is 19.2 Å². The molecule has 32 heavy (non-hydrogen) atoms. The molecule has 0 spiro atoms. The molecular weight excluding hydrogens is 418 g/mol. The maximum atomic E-state index is 13.1. The van der Waals surface area contributed by atoms with Crippen LogP contribution in [0.3, 0.4) is 0 Å². The molecule has 0 aromatic heterocycles. The van der Waals surface area contributed by atoms with E-state index in [1.165, 1.54) is 20.1 Å². The number of hydrogen-bond donors (Lipinski definition) is 1. The van der Waals surface area contributed by atoms with Crippen molar-refractivity contribution in [3.63, 3.8) is 0 Å². The van der Waals surface area contributed by atoms with Crippen LogP contribution >= 0.6 is 0 Å². The molecule has 0 bridgehead atoms. The molecule has 1 saturated heterocycles. The predicted octanol–water partition coefficient (Wildman–Crippen LogP) is 1.72. The first kappa shape index (κ1) is 23.2. The van der Waals surface area contributed by atoms with Gasteiger partial charge in [0.05, 0.1) is 25.8 Å². The summed E-state index contributed by atoms with van der Waals surface area (Å²) in [5.41, 5.74) is 0.123. The minimum Gasteiger partial charge on any atom is -0.497 e. The SMILES string of the molecule is COc1cc(C(=O)O[C@H](C(=O)OCC(=O)NCC(C)=O)[C@@]2(C)CO2)c2cccc(C)c2c1. The molecular formula is C23H25NO8. The van der Waals surface area contributed by atoms with Crippen LogP contribution in [0.4, 0.5) is 0 Å². The van der Waals surface area contributed by atoms with Crippen molar-refractivity contribution < 1.29 is 38.1 Å². The number of ether oxygens (including phenoxy) is 4. The molecule has 1 aliphatic heterocycles. The van der Waals surface area contributed by atoms with Crippen molar-refractivity contribution in [2.75, 3.05) is 26.9 Å². The normalized spacial score (nSPS) is 17.9. The zero-order valence-electron chi connectivity index (χ0n) is 18.4. The van der Waals surface area contributed by atoms with Crippen molar-refractivity contribution in [3.8, 4) is 5.75 Å². The van der Waals surface area contributed by atoms with E-state index in [-0.39, 0.29) is 24.5 Å². The summed E-state index contributed by atoms with van der Waals surface area (Å²) in [6, 6.07) is 8.86. The van der Waals surface area contributed by atoms with Gasteiger partial charge in [0.2, 0.25) is 6.10 Å². The fourth-order valence-corrected chi connectivity index (χ4v) is 3.14. The summed E-state index contributed by atoms with van der Waals surface area (Å²) < 4.78 is 21.1. The van der Waals surface area contributed by atoms with Crippen molar-refractivity contribution >= 4 is 34.4 Å². The zero-order chi connectivity index (χ0) is 23.5. The molecule has 9 heteroatoms. The maximum Gasteiger partial charge on any atom is 0.351 e. The van der Waals surface area contributed by atoms with Gasteiger partial charge in [-0.3, -0.25) is 9.59 Å². The fraction of sp³-hybridized carbons (Fsp3) is 0.391. The van der Waals surface area contributed by atoms with E-state index in [2.05, 4.69) is 5.32 Å². The largest absolute Gasteiger partial charge is 0.497 e. The molecule has 1 aliphatic rings. The monoisotopic (exact) mass is 443 g/mol. The Morgan fingerprint density at radius 3 is 2.53 bits per heavy atom. The highest BCUT2D eigenvalue weighted by atomic mass is 16.7. The Bertz CT molecular complexity index is 1070. The van der Waals surface area contributed by atoms with E-state index in [0.29, 0.717) is 11.1 Å². The summed E-state index contributed by atoms with van der Waals surface area (Å²) >= 11 is 0. The number of fused-ring (bicyclic) bond motifs is 1. The van der Waals surface area contributed by atoms with E-state index in [1.54, 1.807) is 13.0 Å². The second-order valence-corrected chi connectivity index (χ2v) is 7.82. The lowest BCUT2D eigenvalue weighted by molar-refractivity contribution is -0.160. The molecule has 2 atom stereocenters. The minimum atomic E-state index is -1.37. The number of Topliss-reactive ketones (excluding diaryl/α,β-unsaturated/α-hetero) is 1. The van der Waals surface area contributed by atoms with Gasteiger partial charge in [0, 0.05) is 0 Å². The van der Waals surface area contributed by atoms with Crippen molar-refractivity contribution in [1.82, 2.24) is 5.32 Å². The summed E-state index contributed by atoms with van der Waals surface area (Å²) in [6.45, 7) is 4.24. The van der Waals surface area contributed by atoms with Gasteiger partial charge in [-0.25, -0.2) is 9.59 Å². The van der Waals surface area contributed by atoms with Crippen LogP contribution in [0.5, 0.6) is 5.75 Å². The van der Waals surface area contributed by atoms with Crippen LogP contribution in [0.25, 0.3) is 10.8 Å². The first-order valence-electron chi connectivity index (χ1n) is 9.99. The first-order valence-corrected chi connectivity index (χ1v) is 9.99. The lowest BCUT2D eigenvalue weighted by atomic mass is 10.00. The molecule has 170 valence electrons. The first-order chi connectivity index (χ1) is 15.1. The highest BCUT2D eigenvalue weighted by molar-refractivity contribution is 6.06. The average Bonchev–Trinajstić information content (AvgIpc) is 3.51. The number of aryl methyl sites for hydroxylation is 1. The molecule has 3 rings (SSSR count). The van der Waals surface area contributed by atoms with Gasteiger partial charge in [-0.1, -0.05) is 18.2 Å². The van der Waals surface area contributed by atoms with Gasteiger partial charge in [0.25, 0.3) is 5.91 Å². The highest BCUT2D eigenvalue weighted by Gasteiger charge is 2.54. The zero-order valence-corrected chi connectivity index (χ0v) is 18.4. The van der Waals surface area contributed by atoms with Crippen molar-refractivity contribution in [3.05, 3.63) is 41.5 Å². The van der Waals surface area contributed by atoms with Crippen molar-refractivity contribution in [2.24, 2.45) is 0 Å². The molecule has 1 N–H and O–H groups in total. The van der Waals surface area contributed by atoms with Crippen LogP contribution in [-0.4, -0.2) is 62.2 Å².